The number of piperidine rings is 1. The van der Waals surface area contributed by atoms with E-state index in [9.17, 15) is 9.59 Å². The number of hydrogen-bond donors (Lipinski definition) is 2. The number of nitrogens with one attached hydrogen (secondary N) is 1. The lowest BCUT2D eigenvalue weighted by atomic mass is 10.1. The van der Waals surface area contributed by atoms with Crippen molar-refractivity contribution >= 4 is 34.8 Å². The fourth-order valence-corrected chi connectivity index (χ4v) is 3.45. The average molecular weight is 402 g/mol. The molecule has 1 saturated heterocycles. The van der Waals surface area contributed by atoms with E-state index in [2.05, 4.69) is 10.2 Å². The molecule has 3 rings (SSSR count). The van der Waals surface area contributed by atoms with Gasteiger partial charge in [-0.25, -0.2) is 0 Å². The van der Waals surface area contributed by atoms with Gasteiger partial charge in [-0.1, -0.05) is 29.8 Å². The van der Waals surface area contributed by atoms with Crippen molar-refractivity contribution < 1.29 is 14.3 Å². The average Bonchev–Trinajstić information content (AvgIpc) is 2.70. The van der Waals surface area contributed by atoms with Crippen LogP contribution in [0.3, 0.4) is 0 Å². The highest BCUT2D eigenvalue weighted by Gasteiger charge is 2.17. The molecular formula is C21H24ClN3O3. The first-order chi connectivity index (χ1) is 13.5. The Bertz CT molecular complexity index is 851. The Morgan fingerprint density at radius 1 is 1.11 bits per heavy atom. The number of anilines is 2. The molecule has 3 N–H and O–H groups in total. The minimum absolute atomic E-state index is 0.120. The standard InChI is InChI=1S/C21H24ClN3O3/c22-17-7-3-2-6-16(17)13-28-14-20(26)24-18-12-15(21(23)27)8-9-19(18)25-10-4-1-5-11-25/h2-3,6-9,12H,1,4-5,10-11,13-14H2,(H2,23,27)(H,24,26). The summed E-state index contributed by atoms with van der Waals surface area (Å²) < 4.78 is 5.50. The molecule has 0 atom stereocenters. The van der Waals surface area contributed by atoms with E-state index < -0.39 is 5.91 Å². The Hall–Kier alpha value is -2.57. The lowest BCUT2D eigenvalue weighted by Gasteiger charge is -2.30. The van der Waals surface area contributed by atoms with E-state index in [1.54, 1.807) is 18.2 Å². The number of amides is 2. The highest BCUT2D eigenvalue weighted by molar-refractivity contribution is 6.31. The predicted molar refractivity (Wildman–Crippen MR) is 111 cm³/mol. The molecule has 2 aromatic carbocycles. The summed E-state index contributed by atoms with van der Waals surface area (Å²) in [4.78, 5) is 26.2. The van der Waals surface area contributed by atoms with Crippen molar-refractivity contribution in [2.75, 3.05) is 29.9 Å². The van der Waals surface area contributed by atoms with Gasteiger partial charge in [-0.15, -0.1) is 0 Å². The Kier molecular flexibility index (Phi) is 6.90. The number of nitrogens with two attached hydrogens (primary N) is 1. The zero-order chi connectivity index (χ0) is 19.9. The first-order valence-corrected chi connectivity index (χ1v) is 9.72. The highest BCUT2D eigenvalue weighted by atomic mass is 35.5. The third-order valence-corrected chi connectivity index (χ3v) is 5.07. The molecule has 6 nitrogen and oxygen atoms in total. The molecule has 28 heavy (non-hydrogen) atoms. The molecule has 1 heterocycles. The minimum Gasteiger partial charge on any atom is -0.370 e. The van der Waals surface area contributed by atoms with Crippen LogP contribution in [-0.2, 0) is 16.1 Å². The van der Waals surface area contributed by atoms with Crippen molar-refractivity contribution in [3.05, 3.63) is 58.6 Å². The molecule has 1 fully saturated rings. The van der Waals surface area contributed by atoms with Crippen LogP contribution in [0, 0.1) is 0 Å². The topological polar surface area (TPSA) is 84.7 Å². The number of carbonyl (C=O) groups is 2. The van der Waals surface area contributed by atoms with E-state index in [-0.39, 0.29) is 19.1 Å². The van der Waals surface area contributed by atoms with Gasteiger partial charge in [-0.05, 0) is 49.1 Å². The summed E-state index contributed by atoms with van der Waals surface area (Å²) in [6.07, 6.45) is 3.41. The van der Waals surface area contributed by atoms with Gasteiger partial charge in [-0.2, -0.15) is 0 Å². The van der Waals surface area contributed by atoms with Gasteiger partial charge in [0.15, 0.2) is 0 Å². The van der Waals surface area contributed by atoms with Crippen molar-refractivity contribution in [3.63, 3.8) is 0 Å². The predicted octanol–water partition coefficient (Wildman–Crippen LogP) is 3.58. The Labute approximate surface area is 169 Å². The van der Waals surface area contributed by atoms with Crippen LogP contribution in [0.2, 0.25) is 5.02 Å². The molecule has 2 aromatic rings. The molecule has 0 unspecified atom stereocenters. The van der Waals surface area contributed by atoms with Crippen LogP contribution in [0.25, 0.3) is 0 Å². The smallest absolute Gasteiger partial charge is 0.250 e. The zero-order valence-corrected chi connectivity index (χ0v) is 16.4. The van der Waals surface area contributed by atoms with Crippen LogP contribution in [0.1, 0.15) is 35.2 Å². The first-order valence-electron chi connectivity index (χ1n) is 9.34. The molecule has 1 aliphatic heterocycles. The van der Waals surface area contributed by atoms with Crippen molar-refractivity contribution in [2.45, 2.75) is 25.9 Å². The molecule has 0 saturated carbocycles. The van der Waals surface area contributed by atoms with Crippen LogP contribution in [0.4, 0.5) is 11.4 Å². The van der Waals surface area contributed by atoms with Crippen LogP contribution < -0.4 is 16.0 Å². The van der Waals surface area contributed by atoms with Crippen LogP contribution in [0.15, 0.2) is 42.5 Å². The molecule has 1 aliphatic rings. The molecule has 2 amide bonds. The fraction of sp³-hybridized carbons (Fsp3) is 0.333. The maximum atomic E-state index is 12.4. The quantitative estimate of drug-likeness (QED) is 0.742. The maximum Gasteiger partial charge on any atom is 0.250 e. The van der Waals surface area contributed by atoms with Crippen molar-refractivity contribution in [2.24, 2.45) is 5.73 Å². The van der Waals surface area contributed by atoms with Crippen LogP contribution in [-0.4, -0.2) is 31.5 Å². The summed E-state index contributed by atoms with van der Waals surface area (Å²) in [6.45, 7) is 1.96. The van der Waals surface area contributed by atoms with E-state index in [4.69, 9.17) is 22.1 Å². The van der Waals surface area contributed by atoms with Gasteiger partial charge in [0.1, 0.15) is 6.61 Å². The zero-order valence-electron chi connectivity index (χ0n) is 15.6. The number of carbonyl (C=O) groups excluding carboxylic acids is 2. The largest absolute Gasteiger partial charge is 0.370 e. The number of nitrogens with zero attached hydrogens (tertiary/aromatic N) is 1. The third kappa shape index (κ3) is 5.24. The third-order valence-electron chi connectivity index (χ3n) is 4.70. The normalized spacial score (nSPS) is 14.0. The number of hydrogen-bond acceptors (Lipinski definition) is 4. The molecule has 148 valence electrons. The number of benzene rings is 2. The van der Waals surface area contributed by atoms with Gasteiger partial charge in [0.05, 0.1) is 18.0 Å². The maximum absolute atomic E-state index is 12.4. The Balaban J connectivity index is 1.66. The Morgan fingerprint density at radius 3 is 2.57 bits per heavy atom. The molecule has 0 radical (unpaired) electrons. The van der Waals surface area contributed by atoms with Crippen molar-refractivity contribution in [1.29, 1.82) is 0 Å². The highest BCUT2D eigenvalue weighted by Crippen LogP contribution is 2.29. The number of ether oxygens (including phenoxy) is 1. The monoisotopic (exact) mass is 401 g/mol. The van der Waals surface area contributed by atoms with Gasteiger partial charge in [0.25, 0.3) is 0 Å². The number of primary amides is 1. The summed E-state index contributed by atoms with van der Waals surface area (Å²) in [6, 6.07) is 12.5. The minimum atomic E-state index is -0.532. The molecule has 7 heteroatoms. The second kappa shape index (κ2) is 9.57. The van der Waals surface area contributed by atoms with E-state index in [0.717, 1.165) is 37.2 Å². The van der Waals surface area contributed by atoms with Gasteiger partial charge in [0, 0.05) is 23.7 Å². The molecule has 0 aromatic heterocycles. The van der Waals surface area contributed by atoms with Gasteiger partial charge in [0.2, 0.25) is 11.8 Å². The Morgan fingerprint density at radius 2 is 1.86 bits per heavy atom. The summed E-state index contributed by atoms with van der Waals surface area (Å²) in [5, 5.41) is 3.46. The van der Waals surface area contributed by atoms with Gasteiger partial charge < -0.3 is 20.7 Å². The number of halogens is 1. The molecular weight excluding hydrogens is 378 g/mol. The van der Waals surface area contributed by atoms with E-state index in [1.807, 2.05) is 24.3 Å². The fourth-order valence-electron chi connectivity index (χ4n) is 3.26. The molecule has 0 aliphatic carbocycles. The van der Waals surface area contributed by atoms with Gasteiger partial charge >= 0.3 is 0 Å². The second-order valence-electron chi connectivity index (χ2n) is 6.78. The summed E-state index contributed by atoms with van der Waals surface area (Å²) >= 11 is 6.09. The van der Waals surface area contributed by atoms with Crippen molar-refractivity contribution in [1.82, 2.24) is 0 Å². The summed E-state index contributed by atoms with van der Waals surface area (Å²) in [5.74, 6) is -0.831. The van der Waals surface area contributed by atoms with E-state index >= 15 is 0 Å². The van der Waals surface area contributed by atoms with Gasteiger partial charge in [-0.3, -0.25) is 9.59 Å². The first kappa shape index (κ1) is 20.2. The second-order valence-corrected chi connectivity index (χ2v) is 7.18. The number of rotatable bonds is 7. The molecule has 0 bridgehead atoms. The lowest BCUT2D eigenvalue weighted by molar-refractivity contribution is -0.121. The van der Waals surface area contributed by atoms with E-state index in [0.29, 0.717) is 16.3 Å². The molecule has 0 spiro atoms. The van der Waals surface area contributed by atoms with E-state index in [1.165, 1.54) is 6.42 Å². The summed E-state index contributed by atoms with van der Waals surface area (Å²) in [7, 11) is 0. The van der Waals surface area contributed by atoms with Crippen LogP contribution in [0.5, 0.6) is 0 Å². The summed E-state index contributed by atoms with van der Waals surface area (Å²) in [5.41, 5.74) is 8.04. The van der Waals surface area contributed by atoms with Crippen molar-refractivity contribution in [3.8, 4) is 0 Å². The lowest BCUT2D eigenvalue weighted by Crippen LogP contribution is -2.31. The SMILES string of the molecule is NC(=O)c1ccc(N2CCCCC2)c(NC(=O)COCc2ccccc2Cl)c1. The van der Waals surface area contributed by atoms with Crippen LogP contribution >= 0.6 is 11.6 Å².